The van der Waals surface area contributed by atoms with Gasteiger partial charge in [-0.3, -0.25) is 0 Å². The van der Waals surface area contributed by atoms with Crippen molar-refractivity contribution in [1.82, 2.24) is 4.90 Å². The van der Waals surface area contributed by atoms with Crippen LogP contribution in [0.3, 0.4) is 0 Å². The van der Waals surface area contributed by atoms with E-state index < -0.39 is 23.5 Å². The molecule has 1 aromatic rings. The van der Waals surface area contributed by atoms with Crippen molar-refractivity contribution < 1.29 is 33.6 Å². The standard InChI is InChI=1S/C22H25NO7/c1-27-16-5-4-13-11-23(12-15(20(25)28-2)21(26)29-3)9-8-22-7-6-14(24)10-17(22)30-19(16)18(13)22/h4-7,12,14,17,24H,8-11H2,1-3H3/t14-,17-,22?/m1/s1. The summed E-state index contributed by atoms with van der Waals surface area (Å²) in [5.41, 5.74) is 1.49. The smallest absolute Gasteiger partial charge is 0.346 e. The molecule has 1 unspecified atom stereocenters. The molecule has 0 radical (unpaired) electrons. The zero-order valence-electron chi connectivity index (χ0n) is 17.2. The molecule has 8 nitrogen and oxygen atoms in total. The molecule has 0 bridgehead atoms. The van der Waals surface area contributed by atoms with Gasteiger partial charge in [0, 0.05) is 31.3 Å². The number of carbonyl (C=O) groups is 2. The van der Waals surface area contributed by atoms with Gasteiger partial charge in [-0.15, -0.1) is 0 Å². The first-order chi connectivity index (χ1) is 14.4. The van der Waals surface area contributed by atoms with Crippen LogP contribution in [0.1, 0.15) is 24.0 Å². The molecule has 0 saturated heterocycles. The average Bonchev–Trinajstić information content (AvgIpc) is 3.00. The summed E-state index contributed by atoms with van der Waals surface area (Å²) in [5, 5.41) is 10.2. The zero-order valence-corrected chi connectivity index (χ0v) is 17.2. The number of aliphatic hydroxyl groups excluding tert-OH is 1. The van der Waals surface area contributed by atoms with Crippen LogP contribution in [-0.4, -0.2) is 62.0 Å². The fraction of sp³-hybridized carbons (Fsp3) is 0.455. The highest BCUT2D eigenvalue weighted by Gasteiger charge is 2.52. The summed E-state index contributed by atoms with van der Waals surface area (Å²) in [6, 6.07) is 3.83. The van der Waals surface area contributed by atoms with Gasteiger partial charge in [0.1, 0.15) is 6.10 Å². The Morgan fingerprint density at radius 1 is 1.23 bits per heavy atom. The Labute approximate surface area is 174 Å². The van der Waals surface area contributed by atoms with Crippen molar-refractivity contribution in [2.75, 3.05) is 27.9 Å². The number of hydrogen-bond acceptors (Lipinski definition) is 8. The van der Waals surface area contributed by atoms with Gasteiger partial charge in [0.25, 0.3) is 0 Å². The van der Waals surface area contributed by atoms with Crippen molar-refractivity contribution in [1.29, 1.82) is 0 Å². The maximum absolute atomic E-state index is 12.1. The minimum atomic E-state index is -0.745. The van der Waals surface area contributed by atoms with Gasteiger partial charge >= 0.3 is 11.9 Å². The molecule has 0 amide bonds. The van der Waals surface area contributed by atoms with Gasteiger partial charge in [0.05, 0.1) is 32.8 Å². The third-order valence-electron chi connectivity index (χ3n) is 6.11. The van der Waals surface area contributed by atoms with Gasteiger partial charge in [0.15, 0.2) is 17.1 Å². The molecule has 2 aliphatic heterocycles. The molecule has 1 aromatic carbocycles. The van der Waals surface area contributed by atoms with Crippen LogP contribution < -0.4 is 9.47 Å². The summed E-state index contributed by atoms with van der Waals surface area (Å²) >= 11 is 0. The van der Waals surface area contributed by atoms with Crippen LogP contribution in [0.2, 0.25) is 0 Å². The maximum atomic E-state index is 12.1. The SMILES string of the molecule is COC(=O)C(=CN1CCC23C=C[C@@H](O)C[C@H]2Oc2c(OC)ccc(c23)C1)C(=O)OC. The number of benzene rings is 1. The fourth-order valence-electron chi connectivity index (χ4n) is 4.66. The van der Waals surface area contributed by atoms with Gasteiger partial charge in [-0.1, -0.05) is 18.2 Å². The summed E-state index contributed by atoms with van der Waals surface area (Å²) in [6.45, 7) is 1.03. The summed E-state index contributed by atoms with van der Waals surface area (Å²) < 4.78 is 21.3. The zero-order chi connectivity index (χ0) is 21.5. The number of methoxy groups -OCH3 is 3. The van der Waals surface area contributed by atoms with Crippen molar-refractivity contribution in [2.45, 2.75) is 37.0 Å². The van der Waals surface area contributed by atoms with E-state index in [-0.39, 0.29) is 11.7 Å². The monoisotopic (exact) mass is 415 g/mol. The normalized spacial score (nSPS) is 25.9. The number of ether oxygens (including phenoxy) is 4. The number of nitrogens with zero attached hydrogens (tertiary/aromatic N) is 1. The van der Waals surface area contributed by atoms with Crippen LogP contribution in [-0.2, 0) is 31.0 Å². The van der Waals surface area contributed by atoms with Crippen LogP contribution in [0.15, 0.2) is 36.1 Å². The first-order valence-electron chi connectivity index (χ1n) is 9.80. The lowest BCUT2D eigenvalue weighted by Gasteiger charge is -2.35. The third-order valence-corrected chi connectivity index (χ3v) is 6.11. The molecular formula is C22H25NO7. The molecule has 3 aliphatic rings. The molecule has 4 rings (SSSR count). The Morgan fingerprint density at radius 3 is 2.63 bits per heavy atom. The third kappa shape index (κ3) is 3.11. The van der Waals surface area contributed by atoms with Crippen molar-refractivity contribution in [3.05, 3.63) is 47.2 Å². The Bertz CT molecular complexity index is 920. The first-order valence-corrected chi connectivity index (χ1v) is 9.80. The van der Waals surface area contributed by atoms with E-state index in [1.807, 2.05) is 29.2 Å². The lowest BCUT2D eigenvalue weighted by molar-refractivity contribution is -0.144. The van der Waals surface area contributed by atoms with E-state index in [4.69, 9.17) is 18.9 Å². The maximum Gasteiger partial charge on any atom is 0.346 e. The minimum absolute atomic E-state index is 0.161. The predicted octanol–water partition coefficient (Wildman–Crippen LogP) is 1.45. The molecular weight excluding hydrogens is 390 g/mol. The van der Waals surface area contributed by atoms with Crippen LogP contribution >= 0.6 is 0 Å². The molecule has 1 aliphatic carbocycles. The quantitative estimate of drug-likeness (QED) is 0.260. The predicted molar refractivity (Wildman–Crippen MR) is 106 cm³/mol. The lowest BCUT2D eigenvalue weighted by Crippen LogP contribution is -2.42. The van der Waals surface area contributed by atoms with E-state index >= 15 is 0 Å². The van der Waals surface area contributed by atoms with Gasteiger partial charge in [0.2, 0.25) is 0 Å². The fourth-order valence-corrected chi connectivity index (χ4v) is 4.66. The van der Waals surface area contributed by atoms with Gasteiger partial charge < -0.3 is 29.0 Å². The molecule has 0 fully saturated rings. The highest BCUT2D eigenvalue weighted by Crippen LogP contribution is 2.55. The number of carbonyl (C=O) groups excluding carboxylic acids is 2. The molecule has 3 atom stereocenters. The summed E-state index contributed by atoms with van der Waals surface area (Å²) in [6.07, 6.45) is 5.75. The minimum Gasteiger partial charge on any atom is -0.493 e. The van der Waals surface area contributed by atoms with Gasteiger partial charge in [-0.05, 0) is 18.1 Å². The van der Waals surface area contributed by atoms with Crippen molar-refractivity contribution in [3.8, 4) is 11.5 Å². The second-order valence-electron chi connectivity index (χ2n) is 7.69. The average molecular weight is 415 g/mol. The van der Waals surface area contributed by atoms with E-state index in [1.165, 1.54) is 20.4 Å². The summed E-state index contributed by atoms with van der Waals surface area (Å²) in [5.74, 6) is -0.138. The number of esters is 2. The van der Waals surface area contributed by atoms with E-state index in [2.05, 4.69) is 0 Å². The van der Waals surface area contributed by atoms with E-state index in [0.29, 0.717) is 37.4 Å². The number of rotatable bonds is 4. The molecule has 0 saturated carbocycles. The molecule has 0 aromatic heterocycles. The highest BCUT2D eigenvalue weighted by atomic mass is 16.5. The van der Waals surface area contributed by atoms with Crippen LogP contribution in [0, 0.1) is 0 Å². The van der Waals surface area contributed by atoms with Crippen LogP contribution in [0.4, 0.5) is 0 Å². The molecule has 1 N–H and O–H groups in total. The van der Waals surface area contributed by atoms with Crippen LogP contribution in [0.25, 0.3) is 0 Å². The molecule has 2 heterocycles. The lowest BCUT2D eigenvalue weighted by atomic mass is 9.69. The van der Waals surface area contributed by atoms with Crippen LogP contribution in [0.5, 0.6) is 11.5 Å². The Kier molecular flexibility index (Phi) is 5.19. The Morgan fingerprint density at radius 2 is 1.97 bits per heavy atom. The second-order valence-corrected chi connectivity index (χ2v) is 7.69. The topological polar surface area (TPSA) is 94.5 Å². The number of aliphatic hydroxyl groups is 1. The number of hydrogen-bond donors (Lipinski definition) is 1. The Hall–Kier alpha value is -3.00. The van der Waals surface area contributed by atoms with E-state index in [0.717, 1.165) is 11.1 Å². The van der Waals surface area contributed by atoms with Crippen molar-refractivity contribution in [3.63, 3.8) is 0 Å². The summed E-state index contributed by atoms with van der Waals surface area (Å²) in [7, 11) is 4.05. The summed E-state index contributed by atoms with van der Waals surface area (Å²) in [4.78, 5) is 26.1. The molecule has 30 heavy (non-hydrogen) atoms. The largest absolute Gasteiger partial charge is 0.493 e. The first kappa shape index (κ1) is 20.3. The highest BCUT2D eigenvalue weighted by molar-refractivity contribution is 6.13. The van der Waals surface area contributed by atoms with Gasteiger partial charge in [-0.25, -0.2) is 9.59 Å². The molecule has 8 heteroatoms. The van der Waals surface area contributed by atoms with Crippen molar-refractivity contribution >= 4 is 11.9 Å². The van der Waals surface area contributed by atoms with Gasteiger partial charge in [-0.2, -0.15) is 0 Å². The molecule has 160 valence electrons. The van der Waals surface area contributed by atoms with Crippen molar-refractivity contribution in [2.24, 2.45) is 0 Å². The Balaban J connectivity index is 1.79. The van der Waals surface area contributed by atoms with E-state index in [9.17, 15) is 14.7 Å². The van der Waals surface area contributed by atoms with E-state index in [1.54, 1.807) is 7.11 Å². The molecule has 1 spiro atoms. The second kappa shape index (κ2) is 7.68.